The van der Waals surface area contributed by atoms with E-state index in [0.29, 0.717) is 18.1 Å². The molecule has 0 radical (unpaired) electrons. The van der Waals surface area contributed by atoms with Crippen LogP contribution in [0.1, 0.15) is 17.9 Å². The second-order valence-electron chi connectivity index (χ2n) is 6.68. The number of para-hydroxylation sites is 1. The van der Waals surface area contributed by atoms with E-state index in [4.69, 9.17) is 9.26 Å². The summed E-state index contributed by atoms with van der Waals surface area (Å²) in [4.78, 5) is 18.8. The van der Waals surface area contributed by atoms with Crippen molar-refractivity contribution in [2.45, 2.75) is 19.4 Å². The lowest BCUT2D eigenvalue weighted by molar-refractivity contribution is -0.116. The highest BCUT2D eigenvalue weighted by atomic mass is 16.5. The molecule has 7 heteroatoms. The molecule has 0 aliphatic carbocycles. The molecule has 0 bridgehead atoms. The van der Waals surface area contributed by atoms with Crippen molar-refractivity contribution in [3.8, 4) is 17.1 Å². The lowest BCUT2D eigenvalue weighted by Gasteiger charge is -2.14. The number of aromatic nitrogens is 2. The maximum atomic E-state index is 12.3. The van der Waals surface area contributed by atoms with E-state index in [1.165, 1.54) is 0 Å². The van der Waals surface area contributed by atoms with Gasteiger partial charge in [0.1, 0.15) is 5.75 Å². The van der Waals surface area contributed by atoms with Crippen LogP contribution in [0.5, 0.6) is 5.75 Å². The zero-order chi connectivity index (χ0) is 19.9. The molecule has 1 heterocycles. The van der Waals surface area contributed by atoms with Gasteiger partial charge in [0.2, 0.25) is 17.6 Å². The Bertz CT molecular complexity index is 919. The fraction of sp³-hybridized carbons (Fsp3) is 0.286. The number of carbonyl (C=O) groups is 1. The van der Waals surface area contributed by atoms with E-state index in [2.05, 4.69) is 20.4 Å². The minimum atomic E-state index is -0.0876. The molecule has 0 spiro atoms. The first-order valence-electron chi connectivity index (χ1n) is 9.04. The van der Waals surface area contributed by atoms with Crippen LogP contribution >= 0.6 is 0 Å². The van der Waals surface area contributed by atoms with Crippen LogP contribution in [0.2, 0.25) is 0 Å². The van der Waals surface area contributed by atoms with Gasteiger partial charge in [0, 0.05) is 30.6 Å². The molecule has 0 aliphatic heterocycles. The van der Waals surface area contributed by atoms with Crippen LogP contribution in [0.25, 0.3) is 11.4 Å². The number of rotatable bonds is 8. The zero-order valence-corrected chi connectivity index (χ0v) is 16.3. The predicted octanol–water partition coefficient (Wildman–Crippen LogP) is 3.38. The molecule has 0 unspecified atom stereocenters. The van der Waals surface area contributed by atoms with Crippen molar-refractivity contribution in [2.75, 3.05) is 26.5 Å². The minimum absolute atomic E-state index is 0.0876. The van der Waals surface area contributed by atoms with Crippen molar-refractivity contribution in [3.63, 3.8) is 0 Å². The van der Waals surface area contributed by atoms with E-state index in [1.807, 2.05) is 62.6 Å². The molecule has 1 N–H and O–H groups in total. The first kappa shape index (κ1) is 19.6. The average Bonchev–Trinajstić information content (AvgIpc) is 3.17. The highest BCUT2D eigenvalue weighted by molar-refractivity contribution is 5.91. The number of methoxy groups -OCH3 is 1. The number of amides is 1. The molecule has 1 aromatic heterocycles. The Labute approximate surface area is 164 Å². The highest BCUT2D eigenvalue weighted by Gasteiger charge is 2.12. The molecule has 0 fully saturated rings. The molecule has 2 aromatic carbocycles. The summed E-state index contributed by atoms with van der Waals surface area (Å²) in [6.07, 6.45) is 0.644. The lowest BCUT2D eigenvalue weighted by atomic mass is 10.1. The molecular weight excluding hydrogens is 356 g/mol. The van der Waals surface area contributed by atoms with E-state index >= 15 is 0 Å². The van der Waals surface area contributed by atoms with Gasteiger partial charge in [-0.05, 0) is 50.0 Å². The Balaban J connectivity index is 1.57. The van der Waals surface area contributed by atoms with Gasteiger partial charge in [-0.15, -0.1) is 0 Å². The number of aryl methyl sites for hydroxylation is 1. The van der Waals surface area contributed by atoms with Gasteiger partial charge in [-0.3, -0.25) is 4.79 Å². The van der Waals surface area contributed by atoms with Crippen LogP contribution in [0, 0.1) is 0 Å². The summed E-state index contributed by atoms with van der Waals surface area (Å²) in [7, 11) is 5.61. The molecule has 3 aromatic rings. The zero-order valence-electron chi connectivity index (χ0n) is 16.3. The minimum Gasteiger partial charge on any atom is -0.497 e. The number of hydrogen-bond acceptors (Lipinski definition) is 6. The quantitative estimate of drug-likeness (QED) is 0.645. The number of carbonyl (C=O) groups excluding carboxylic acids is 1. The Morgan fingerprint density at radius 3 is 2.61 bits per heavy atom. The summed E-state index contributed by atoms with van der Waals surface area (Å²) in [5.41, 5.74) is 2.73. The van der Waals surface area contributed by atoms with Crippen LogP contribution in [0.15, 0.2) is 53.1 Å². The second-order valence-corrected chi connectivity index (χ2v) is 6.68. The Hall–Kier alpha value is -3.19. The van der Waals surface area contributed by atoms with Gasteiger partial charge >= 0.3 is 0 Å². The number of anilines is 1. The predicted molar refractivity (Wildman–Crippen MR) is 107 cm³/mol. The third-order valence-corrected chi connectivity index (χ3v) is 4.16. The van der Waals surface area contributed by atoms with Crippen LogP contribution in [0.4, 0.5) is 5.69 Å². The standard InChI is InChI=1S/C21H24N4O3/c1-25(2)14-16-6-4-5-7-18(16)22-19(26)12-13-20-23-21(24-28-20)15-8-10-17(27-3)11-9-15/h4-11H,12-14H2,1-3H3,(H,22,26). The third-order valence-electron chi connectivity index (χ3n) is 4.16. The molecule has 3 rings (SSSR count). The fourth-order valence-corrected chi connectivity index (χ4v) is 2.77. The normalized spacial score (nSPS) is 10.9. The Morgan fingerprint density at radius 2 is 1.89 bits per heavy atom. The molecular formula is C21H24N4O3. The smallest absolute Gasteiger partial charge is 0.227 e. The molecule has 0 atom stereocenters. The van der Waals surface area contributed by atoms with Gasteiger partial charge < -0.3 is 19.5 Å². The van der Waals surface area contributed by atoms with E-state index in [1.54, 1.807) is 7.11 Å². The summed E-state index contributed by atoms with van der Waals surface area (Å²) in [6.45, 7) is 0.755. The van der Waals surface area contributed by atoms with Crippen molar-refractivity contribution >= 4 is 11.6 Å². The van der Waals surface area contributed by atoms with E-state index < -0.39 is 0 Å². The lowest BCUT2D eigenvalue weighted by Crippen LogP contribution is -2.16. The van der Waals surface area contributed by atoms with Gasteiger partial charge in [-0.1, -0.05) is 23.4 Å². The van der Waals surface area contributed by atoms with E-state index in [0.717, 1.165) is 29.1 Å². The summed E-state index contributed by atoms with van der Waals surface area (Å²) in [5.74, 6) is 1.60. The number of nitrogens with zero attached hydrogens (tertiary/aromatic N) is 3. The SMILES string of the molecule is COc1ccc(-c2noc(CCC(=O)Nc3ccccc3CN(C)C)n2)cc1. The van der Waals surface area contributed by atoms with E-state index in [9.17, 15) is 4.79 Å². The number of benzene rings is 2. The van der Waals surface area contributed by atoms with E-state index in [-0.39, 0.29) is 12.3 Å². The number of hydrogen-bond donors (Lipinski definition) is 1. The van der Waals surface area contributed by atoms with Crippen LogP contribution in [0.3, 0.4) is 0 Å². The van der Waals surface area contributed by atoms with Gasteiger partial charge in [0.15, 0.2) is 0 Å². The number of ether oxygens (including phenoxy) is 1. The van der Waals surface area contributed by atoms with Crippen molar-refractivity contribution in [1.82, 2.24) is 15.0 Å². The molecule has 0 saturated heterocycles. The largest absolute Gasteiger partial charge is 0.497 e. The fourth-order valence-electron chi connectivity index (χ4n) is 2.77. The van der Waals surface area contributed by atoms with Gasteiger partial charge in [0.25, 0.3) is 0 Å². The molecule has 1 amide bonds. The molecule has 146 valence electrons. The topological polar surface area (TPSA) is 80.5 Å². The van der Waals surface area contributed by atoms with Crippen LogP contribution in [-0.2, 0) is 17.8 Å². The molecule has 0 aliphatic rings. The maximum absolute atomic E-state index is 12.3. The molecule has 28 heavy (non-hydrogen) atoms. The molecule has 7 nitrogen and oxygen atoms in total. The molecule has 0 saturated carbocycles. The summed E-state index contributed by atoms with van der Waals surface area (Å²) >= 11 is 0. The van der Waals surface area contributed by atoms with Crippen molar-refractivity contribution < 1.29 is 14.1 Å². The average molecular weight is 380 g/mol. The van der Waals surface area contributed by atoms with Crippen LogP contribution < -0.4 is 10.1 Å². The summed E-state index contributed by atoms with van der Waals surface area (Å²) < 4.78 is 10.4. The van der Waals surface area contributed by atoms with Crippen molar-refractivity contribution in [2.24, 2.45) is 0 Å². The monoisotopic (exact) mass is 380 g/mol. The van der Waals surface area contributed by atoms with Crippen molar-refractivity contribution in [3.05, 3.63) is 60.0 Å². The first-order valence-corrected chi connectivity index (χ1v) is 9.04. The van der Waals surface area contributed by atoms with Gasteiger partial charge in [-0.25, -0.2) is 0 Å². The highest BCUT2D eigenvalue weighted by Crippen LogP contribution is 2.20. The van der Waals surface area contributed by atoms with Gasteiger partial charge in [0.05, 0.1) is 7.11 Å². The summed E-state index contributed by atoms with van der Waals surface area (Å²) in [6, 6.07) is 15.2. The third kappa shape index (κ3) is 5.17. The summed E-state index contributed by atoms with van der Waals surface area (Å²) in [5, 5.41) is 6.95. The number of nitrogens with one attached hydrogen (secondary N) is 1. The van der Waals surface area contributed by atoms with Crippen LogP contribution in [-0.4, -0.2) is 42.2 Å². The Morgan fingerprint density at radius 1 is 1.14 bits per heavy atom. The van der Waals surface area contributed by atoms with Gasteiger partial charge in [-0.2, -0.15) is 4.98 Å². The maximum Gasteiger partial charge on any atom is 0.227 e. The second kappa shape index (κ2) is 9.14. The first-order chi connectivity index (χ1) is 13.5. The Kier molecular flexibility index (Phi) is 6.39. The van der Waals surface area contributed by atoms with Crippen molar-refractivity contribution in [1.29, 1.82) is 0 Å².